The first-order valence-corrected chi connectivity index (χ1v) is 3.14. The Kier molecular flexibility index (Phi) is 1.98. The van der Waals surface area contributed by atoms with Crippen LogP contribution in [0.1, 0.15) is 0 Å². The van der Waals surface area contributed by atoms with Gasteiger partial charge in [-0.1, -0.05) is 12.2 Å². The average molecular weight is 201 g/mol. The van der Waals surface area contributed by atoms with Crippen LogP contribution in [0.25, 0.3) is 0 Å². The van der Waals surface area contributed by atoms with E-state index < -0.39 is 22.2 Å². The van der Waals surface area contributed by atoms with Crippen LogP contribution >= 0.6 is 23.8 Å². The van der Waals surface area contributed by atoms with Crippen molar-refractivity contribution in [3.63, 3.8) is 0 Å². The summed E-state index contributed by atoms with van der Waals surface area (Å²) in [5.74, 6) is 0. The van der Waals surface area contributed by atoms with E-state index in [0.717, 1.165) is 0 Å². The molecule has 0 radical (unpaired) electrons. The molecule has 0 aromatic carbocycles. The molecule has 0 saturated carbocycles. The first-order chi connectivity index (χ1) is 4.91. The van der Waals surface area contributed by atoms with E-state index in [1.165, 1.54) is 0 Å². The number of aliphatic imine (C=N–C) groups is 2. The smallest absolute Gasteiger partial charge is 0.210 e. The molecular weight excluding hydrogens is 201 g/mol. The van der Waals surface area contributed by atoms with Crippen LogP contribution in [-0.2, 0) is 0 Å². The summed E-state index contributed by atoms with van der Waals surface area (Å²) in [5.41, 5.74) is -1.20. The second-order valence-electron chi connectivity index (χ2n) is 1.64. The summed E-state index contributed by atoms with van der Waals surface area (Å²) in [5, 5.41) is -0.470. The summed E-state index contributed by atoms with van der Waals surface area (Å²) >= 11 is 9.33. The lowest BCUT2D eigenvalue weighted by molar-refractivity contribution is -0.0563. The molecule has 0 saturated heterocycles. The van der Waals surface area contributed by atoms with Gasteiger partial charge >= 0.3 is 6.18 Å². The SMILES string of the molecule is FC(F)(F)C1=NC(Cl)=NC1=S. The predicted molar refractivity (Wildman–Crippen MR) is 39.4 cm³/mol. The molecule has 7 heteroatoms. The number of nitrogens with zero attached hydrogens (tertiary/aromatic N) is 2. The number of halogens is 4. The molecule has 0 N–H and O–H groups in total. The fraction of sp³-hybridized carbons (Fsp3) is 0.250. The van der Waals surface area contributed by atoms with Crippen LogP contribution in [0.4, 0.5) is 13.2 Å². The molecule has 0 aliphatic carbocycles. The van der Waals surface area contributed by atoms with E-state index in [-0.39, 0.29) is 0 Å². The highest BCUT2D eigenvalue weighted by molar-refractivity contribution is 7.82. The summed E-state index contributed by atoms with van der Waals surface area (Å²) in [6.45, 7) is 0. The van der Waals surface area contributed by atoms with E-state index in [1.54, 1.807) is 0 Å². The predicted octanol–water partition coefficient (Wildman–Crippen LogP) is 1.93. The second-order valence-corrected chi connectivity index (χ2v) is 2.37. The standard InChI is InChI=1S/C4ClF3N2S/c5-3-9-1(2(11)10-3)4(6,7)8. The van der Waals surface area contributed by atoms with Gasteiger partial charge in [-0.2, -0.15) is 13.2 Å². The lowest BCUT2D eigenvalue weighted by Gasteiger charge is -2.02. The van der Waals surface area contributed by atoms with Gasteiger partial charge in [-0.25, -0.2) is 9.98 Å². The minimum absolute atomic E-state index is 0.470. The number of alkyl halides is 3. The number of amidine groups is 1. The van der Waals surface area contributed by atoms with Crippen molar-refractivity contribution >= 4 is 39.8 Å². The van der Waals surface area contributed by atoms with Crippen LogP contribution in [-0.4, -0.2) is 22.2 Å². The van der Waals surface area contributed by atoms with Gasteiger partial charge in [-0.15, -0.1) is 0 Å². The Morgan fingerprint density at radius 3 is 2.00 bits per heavy atom. The fourth-order valence-corrected chi connectivity index (χ4v) is 0.953. The summed E-state index contributed by atoms with van der Waals surface area (Å²) in [6, 6.07) is 0. The molecule has 0 unspecified atom stereocenters. The van der Waals surface area contributed by atoms with Gasteiger partial charge in [0.05, 0.1) is 0 Å². The van der Waals surface area contributed by atoms with Gasteiger partial charge < -0.3 is 0 Å². The maximum atomic E-state index is 11.8. The van der Waals surface area contributed by atoms with E-state index in [1.807, 2.05) is 0 Å². The van der Waals surface area contributed by atoms with Crippen LogP contribution in [0.3, 0.4) is 0 Å². The lowest BCUT2D eigenvalue weighted by Crippen LogP contribution is -2.26. The molecule has 0 fully saturated rings. The molecule has 1 aliphatic rings. The van der Waals surface area contributed by atoms with Gasteiger partial charge in [0.2, 0.25) is 5.29 Å². The van der Waals surface area contributed by atoms with Gasteiger partial charge in [-0.3, -0.25) is 0 Å². The fourth-order valence-electron chi connectivity index (χ4n) is 0.486. The third-order valence-electron chi connectivity index (χ3n) is 0.869. The Morgan fingerprint density at radius 2 is 1.82 bits per heavy atom. The number of hydrogen-bond donors (Lipinski definition) is 0. The molecule has 1 heterocycles. The molecule has 0 atom stereocenters. The summed E-state index contributed by atoms with van der Waals surface area (Å²) < 4.78 is 35.5. The molecule has 0 aromatic heterocycles. The Hall–Kier alpha value is -0.490. The quantitative estimate of drug-likeness (QED) is 0.433. The maximum Gasteiger partial charge on any atom is 0.436 e. The van der Waals surface area contributed by atoms with Crippen LogP contribution in [0.15, 0.2) is 9.98 Å². The van der Waals surface area contributed by atoms with Gasteiger partial charge in [0, 0.05) is 0 Å². The van der Waals surface area contributed by atoms with E-state index in [0.29, 0.717) is 0 Å². The summed E-state index contributed by atoms with van der Waals surface area (Å²) in [4.78, 5) is 5.42. The highest BCUT2D eigenvalue weighted by atomic mass is 35.5. The van der Waals surface area contributed by atoms with Crippen LogP contribution in [0.5, 0.6) is 0 Å². The third-order valence-corrected chi connectivity index (χ3v) is 1.32. The van der Waals surface area contributed by atoms with Crippen LogP contribution in [0, 0.1) is 0 Å². The van der Waals surface area contributed by atoms with Crippen LogP contribution in [0.2, 0.25) is 0 Å². The first kappa shape index (κ1) is 8.61. The molecule has 0 bridgehead atoms. The van der Waals surface area contributed by atoms with Gasteiger partial charge in [0.15, 0.2) is 10.7 Å². The van der Waals surface area contributed by atoms with Gasteiger partial charge in [0.1, 0.15) is 0 Å². The molecular formula is C4ClF3N2S. The third kappa shape index (κ3) is 1.75. The van der Waals surface area contributed by atoms with Crippen LogP contribution < -0.4 is 0 Å². The van der Waals surface area contributed by atoms with E-state index in [2.05, 4.69) is 22.2 Å². The van der Waals surface area contributed by atoms with Crippen molar-refractivity contribution in [1.82, 2.24) is 0 Å². The molecule has 2 nitrogen and oxygen atoms in total. The van der Waals surface area contributed by atoms with Crippen molar-refractivity contribution in [2.75, 3.05) is 0 Å². The van der Waals surface area contributed by atoms with E-state index >= 15 is 0 Å². The number of thiocarbonyl (C=S) groups is 1. The minimum Gasteiger partial charge on any atom is -0.210 e. The van der Waals surface area contributed by atoms with Gasteiger partial charge in [-0.05, 0) is 11.6 Å². The highest BCUT2D eigenvalue weighted by Crippen LogP contribution is 2.22. The maximum absolute atomic E-state index is 11.8. The lowest BCUT2D eigenvalue weighted by atomic mass is 10.4. The highest BCUT2D eigenvalue weighted by Gasteiger charge is 2.41. The molecule has 1 rings (SSSR count). The molecule has 0 aromatic rings. The zero-order valence-electron chi connectivity index (χ0n) is 4.81. The van der Waals surface area contributed by atoms with E-state index in [4.69, 9.17) is 11.6 Å². The largest absolute Gasteiger partial charge is 0.436 e. The Balaban J connectivity index is 2.97. The molecule has 60 valence electrons. The Morgan fingerprint density at radius 1 is 1.27 bits per heavy atom. The monoisotopic (exact) mass is 200 g/mol. The van der Waals surface area contributed by atoms with Crippen molar-refractivity contribution in [3.05, 3.63) is 0 Å². The first-order valence-electron chi connectivity index (χ1n) is 2.35. The normalized spacial score (nSPS) is 18.4. The molecule has 1 aliphatic heterocycles. The van der Waals surface area contributed by atoms with Crippen molar-refractivity contribution in [3.8, 4) is 0 Å². The number of rotatable bonds is 0. The molecule has 11 heavy (non-hydrogen) atoms. The second kappa shape index (κ2) is 2.53. The summed E-state index contributed by atoms with van der Waals surface area (Å²) in [7, 11) is 0. The van der Waals surface area contributed by atoms with Crippen molar-refractivity contribution in [2.45, 2.75) is 6.18 Å². The van der Waals surface area contributed by atoms with E-state index in [9.17, 15) is 13.2 Å². The average Bonchev–Trinajstić information content (AvgIpc) is 2.08. The Bertz CT molecular complexity index is 267. The topological polar surface area (TPSA) is 24.7 Å². The zero-order chi connectivity index (χ0) is 8.65. The minimum atomic E-state index is -4.56. The van der Waals surface area contributed by atoms with Crippen molar-refractivity contribution < 1.29 is 13.2 Å². The molecule has 0 spiro atoms. The van der Waals surface area contributed by atoms with Gasteiger partial charge in [0.25, 0.3) is 0 Å². The zero-order valence-corrected chi connectivity index (χ0v) is 6.39. The summed E-state index contributed by atoms with van der Waals surface area (Å²) in [6.07, 6.45) is -4.56. The molecule has 0 amide bonds. The van der Waals surface area contributed by atoms with Crippen molar-refractivity contribution in [1.29, 1.82) is 0 Å². The van der Waals surface area contributed by atoms with Crippen molar-refractivity contribution in [2.24, 2.45) is 9.98 Å². The number of hydrogen-bond acceptors (Lipinski definition) is 2. The Labute approximate surface area is 69.8 Å².